The van der Waals surface area contributed by atoms with Gasteiger partial charge in [0.2, 0.25) is 27.7 Å². The molecule has 1 aromatic carbocycles. The Hall–Kier alpha value is -4.58. The fraction of sp³-hybridized carbons (Fsp3) is 0.667. The molecule has 3 N–H and O–H groups in total. The van der Waals surface area contributed by atoms with Crippen molar-refractivity contribution in [2.45, 2.75) is 126 Å². The molecule has 3 heterocycles. The maximum absolute atomic E-state index is 15.1. The highest BCUT2D eigenvalue weighted by molar-refractivity contribution is 7.91. The van der Waals surface area contributed by atoms with E-state index in [0.29, 0.717) is 41.7 Å². The van der Waals surface area contributed by atoms with Gasteiger partial charge >= 0.3 is 6.09 Å². The van der Waals surface area contributed by atoms with E-state index in [0.717, 1.165) is 0 Å². The van der Waals surface area contributed by atoms with E-state index < -0.39 is 86.4 Å². The van der Waals surface area contributed by atoms with Crippen LogP contribution in [0.2, 0.25) is 0 Å². The minimum atomic E-state index is -4.41. The third-order valence-corrected chi connectivity index (χ3v) is 14.0. The molecule has 330 valence electrons. The maximum Gasteiger partial charge on any atom is 0.408 e. The lowest BCUT2D eigenvalue weighted by Gasteiger charge is -2.34. The van der Waals surface area contributed by atoms with E-state index in [1.165, 1.54) is 12.0 Å². The molecule has 3 fully saturated rings. The lowest BCUT2D eigenvalue weighted by molar-refractivity contribution is -0.142. The molecule has 1 saturated heterocycles. The summed E-state index contributed by atoms with van der Waals surface area (Å²) in [5.74, 6) is -2.74. The van der Waals surface area contributed by atoms with Crippen LogP contribution in [0.4, 0.5) is 9.18 Å². The number of alkyl carbamates (subject to hydrolysis) is 1. The Morgan fingerprint density at radius 1 is 1.10 bits per heavy atom. The fourth-order valence-electron chi connectivity index (χ4n) is 8.16. The number of rotatable bonds is 11. The average Bonchev–Trinajstić information content (AvgIpc) is 4.08. The smallest absolute Gasteiger partial charge is 0.408 e. The Morgan fingerprint density at radius 2 is 1.83 bits per heavy atom. The van der Waals surface area contributed by atoms with E-state index in [1.807, 2.05) is 26.8 Å². The summed E-state index contributed by atoms with van der Waals surface area (Å²) >= 11 is 0. The number of halogens is 1. The summed E-state index contributed by atoms with van der Waals surface area (Å²) in [5, 5.41) is 5.63. The number of nitrogens with one attached hydrogen (secondary N) is 3. The predicted molar refractivity (Wildman–Crippen MR) is 219 cm³/mol. The van der Waals surface area contributed by atoms with Gasteiger partial charge in [-0.25, -0.2) is 27.6 Å². The summed E-state index contributed by atoms with van der Waals surface area (Å²) in [6, 6.07) is 2.84. The fourth-order valence-corrected chi connectivity index (χ4v) is 9.58. The predicted octanol–water partition coefficient (Wildman–Crippen LogP) is 4.47. The molecule has 4 aliphatic rings. The Balaban J connectivity index is 1.39. The number of hydrogen-bond acceptors (Lipinski definition) is 12. The van der Waals surface area contributed by atoms with Crippen molar-refractivity contribution in [1.29, 1.82) is 0 Å². The molecule has 18 heteroatoms. The number of aromatic nitrogens is 2. The maximum atomic E-state index is 15.1. The van der Waals surface area contributed by atoms with E-state index in [-0.39, 0.29) is 56.6 Å². The number of ether oxygens (including phenoxy) is 4. The van der Waals surface area contributed by atoms with Crippen LogP contribution in [0.1, 0.15) is 98.1 Å². The molecule has 4 amide bonds. The first-order valence-electron chi connectivity index (χ1n) is 20.7. The molecular formula is C42H59FN6O10S. The molecule has 2 aliphatic carbocycles. The first-order chi connectivity index (χ1) is 28.2. The second kappa shape index (κ2) is 17.4. The first kappa shape index (κ1) is 45.0. The van der Waals surface area contributed by atoms with Crippen LogP contribution in [0.25, 0.3) is 11.0 Å². The molecule has 0 unspecified atom stereocenters. The molecule has 0 bridgehead atoms. The average molecular weight is 859 g/mol. The Morgan fingerprint density at radius 3 is 2.47 bits per heavy atom. The normalized spacial score (nSPS) is 28.7. The monoisotopic (exact) mass is 858 g/mol. The van der Waals surface area contributed by atoms with Crippen LogP contribution in [-0.4, -0.2) is 115 Å². The van der Waals surface area contributed by atoms with Gasteiger partial charge in [0.25, 0.3) is 5.91 Å². The number of hydrogen-bond donors (Lipinski definition) is 3. The number of allylic oxidation sites excluding steroid dienone is 1. The second-order valence-electron chi connectivity index (χ2n) is 18.1. The van der Waals surface area contributed by atoms with E-state index in [4.69, 9.17) is 28.9 Å². The van der Waals surface area contributed by atoms with Crippen LogP contribution < -0.4 is 24.8 Å². The highest BCUT2D eigenvalue weighted by Crippen LogP contribution is 2.48. The van der Waals surface area contributed by atoms with Crippen LogP contribution in [0, 0.1) is 17.8 Å². The van der Waals surface area contributed by atoms with Crippen molar-refractivity contribution in [2.75, 3.05) is 34.0 Å². The number of methoxy groups -OCH3 is 2. The number of amides is 4. The largest absolute Gasteiger partial charge is 0.497 e. The molecular weight excluding hydrogens is 800 g/mol. The summed E-state index contributed by atoms with van der Waals surface area (Å²) < 4.78 is 64.1. The highest BCUT2D eigenvalue weighted by atomic mass is 32.2. The van der Waals surface area contributed by atoms with Gasteiger partial charge in [-0.1, -0.05) is 32.9 Å². The molecule has 60 heavy (non-hydrogen) atoms. The molecule has 6 rings (SSSR count). The summed E-state index contributed by atoms with van der Waals surface area (Å²) in [4.78, 5) is 68.2. The number of benzene rings is 1. The zero-order valence-electron chi connectivity index (χ0n) is 35.7. The van der Waals surface area contributed by atoms with Crippen molar-refractivity contribution in [2.24, 2.45) is 17.8 Å². The van der Waals surface area contributed by atoms with Crippen molar-refractivity contribution >= 4 is 44.9 Å². The second-order valence-corrected chi connectivity index (χ2v) is 20.2. The lowest BCUT2D eigenvalue weighted by Crippen LogP contribution is -2.60. The lowest BCUT2D eigenvalue weighted by atomic mass is 9.87. The standard InChI is InChI=1S/C42H59FN6O10S/c1-24(2)33-36(45-31-18-28(57-8)13-14-30(31)44-33)58-29-19-32-35(50)47-42(38(52)48-60(54,55)41(23-43)15-16-41)20-27(42)12-10-9-11-25(3)17-26(22-56-7)34(37(51)49(32)21-29)46-39(53)59-40(4,5)6/h10,12-14,18,24-27,29,32,34H,9,11,15-17,19-23H2,1-8H3,(H,46,53)(H,47,50)(H,48,52)/b12-10-/t25-,26+,27+,29-,32+,34+,42+/m1/s1. The number of fused-ring (bicyclic) bond motifs is 3. The van der Waals surface area contributed by atoms with Gasteiger partial charge in [0.15, 0.2) is 0 Å². The summed E-state index contributed by atoms with van der Waals surface area (Å²) in [7, 11) is -1.36. The van der Waals surface area contributed by atoms with Gasteiger partial charge in [0, 0.05) is 37.4 Å². The SMILES string of the molecule is COC[C@@H]1C[C@H](C)CC/C=C\[C@H]2C[C@]2(C(=O)NS(=O)(=O)C2(CF)CC2)NC(=O)[C@@H]2C[C@@H](Oc3nc4cc(OC)ccc4nc3C(C)C)CN2C(=O)[C@H]1NC(=O)OC(C)(C)C. The van der Waals surface area contributed by atoms with Crippen molar-refractivity contribution in [1.82, 2.24) is 30.2 Å². The Labute approximate surface area is 351 Å². The highest BCUT2D eigenvalue weighted by Gasteiger charge is 2.64. The molecule has 0 radical (unpaired) electrons. The molecule has 2 aromatic rings. The topological polar surface area (TPSA) is 204 Å². The van der Waals surface area contributed by atoms with Gasteiger partial charge in [0.1, 0.15) is 52.2 Å². The van der Waals surface area contributed by atoms with Gasteiger partial charge < -0.3 is 34.5 Å². The third kappa shape index (κ3) is 9.64. The Bertz CT molecular complexity index is 2110. The number of alkyl halides is 1. The first-order valence-corrected chi connectivity index (χ1v) is 22.2. The summed E-state index contributed by atoms with van der Waals surface area (Å²) in [5.41, 5.74) is -0.896. The van der Waals surface area contributed by atoms with E-state index in [2.05, 4.69) is 15.4 Å². The number of carbonyl (C=O) groups is 4. The van der Waals surface area contributed by atoms with Gasteiger partial charge in [-0.2, -0.15) is 0 Å². The van der Waals surface area contributed by atoms with Gasteiger partial charge in [-0.05, 0) is 77.3 Å². The van der Waals surface area contributed by atoms with Crippen LogP contribution >= 0.6 is 0 Å². The van der Waals surface area contributed by atoms with Gasteiger partial charge in [-0.3, -0.25) is 19.1 Å². The minimum Gasteiger partial charge on any atom is -0.497 e. The molecule has 0 spiro atoms. The number of nitrogens with zero attached hydrogens (tertiary/aromatic N) is 3. The van der Waals surface area contributed by atoms with Crippen LogP contribution in [0.3, 0.4) is 0 Å². The zero-order chi connectivity index (χ0) is 43.8. The van der Waals surface area contributed by atoms with Crippen LogP contribution in [-0.2, 0) is 33.9 Å². The zero-order valence-corrected chi connectivity index (χ0v) is 36.5. The molecule has 7 atom stereocenters. The molecule has 2 saturated carbocycles. The van der Waals surface area contributed by atoms with Crippen molar-refractivity contribution in [3.05, 3.63) is 36.0 Å². The van der Waals surface area contributed by atoms with E-state index >= 15 is 4.79 Å². The van der Waals surface area contributed by atoms with E-state index in [1.54, 1.807) is 52.2 Å². The quantitative estimate of drug-likeness (QED) is 0.268. The molecule has 1 aromatic heterocycles. The minimum absolute atomic E-state index is 0.0354. The van der Waals surface area contributed by atoms with E-state index in [9.17, 15) is 27.2 Å². The summed E-state index contributed by atoms with van der Waals surface area (Å²) in [6.07, 6.45) is 3.95. The van der Waals surface area contributed by atoms with Gasteiger partial charge in [0.05, 0.1) is 31.3 Å². The van der Waals surface area contributed by atoms with Gasteiger partial charge in [-0.15, -0.1) is 0 Å². The molecule has 16 nitrogen and oxygen atoms in total. The van der Waals surface area contributed by atoms with Crippen molar-refractivity contribution < 1.29 is 50.9 Å². The van der Waals surface area contributed by atoms with Crippen molar-refractivity contribution in [3.8, 4) is 11.6 Å². The number of carbonyl (C=O) groups excluding carboxylic acids is 4. The molecule has 2 aliphatic heterocycles. The van der Waals surface area contributed by atoms with Crippen LogP contribution in [0.5, 0.6) is 11.6 Å². The van der Waals surface area contributed by atoms with Crippen molar-refractivity contribution in [3.63, 3.8) is 0 Å². The third-order valence-electron chi connectivity index (χ3n) is 11.8. The summed E-state index contributed by atoms with van der Waals surface area (Å²) in [6.45, 7) is 9.86. The van der Waals surface area contributed by atoms with Crippen LogP contribution in [0.15, 0.2) is 30.4 Å². The number of sulfonamides is 1. The Kier molecular flexibility index (Phi) is 13.1.